The van der Waals surface area contributed by atoms with E-state index in [9.17, 15) is 9.59 Å². The molecule has 3 heterocycles. The highest BCUT2D eigenvalue weighted by molar-refractivity contribution is 6.35. The number of para-hydroxylation sites is 1. The molecule has 1 atom stereocenters. The van der Waals surface area contributed by atoms with E-state index in [-0.39, 0.29) is 6.04 Å². The molecule has 1 saturated heterocycles. The third-order valence-electron chi connectivity index (χ3n) is 6.05. The van der Waals surface area contributed by atoms with Crippen molar-refractivity contribution in [2.24, 2.45) is 0 Å². The topological polar surface area (TPSA) is 95.4 Å². The Bertz CT molecular complexity index is 1020. The number of anilines is 1. The summed E-state index contributed by atoms with van der Waals surface area (Å²) in [5.74, 6) is -1.22. The normalized spacial score (nSPS) is 15.0. The number of aryl methyl sites for hydroxylation is 1. The van der Waals surface area contributed by atoms with Crippen LogP contribution in [0.4, 0.5) is 5.69 Å². The predicted octanol–water partition coefficient (Wildman–Crippen LogP) is 1.46. The van der Waals surface area contributed by atoms with E-state index in [0.717, 1.165) is 44.7 Å². The number of hydrogen-bond donors (Lipinski definition) is 2. The minimum Gasteiger partial charge on any atom is -0.369 e. The van der Waals surface area contributed by atoms with Crippen molar-refractivity contribution in [3.63, 3.8) is 0 Å². The average Bonchev–Trinajstić information content (AvgIpc) is 3.42. The lowest BCUT2D eigenvalue weighted by Crippen LogP contribution is -2.51. The van der Waals surface area contributed by atoms with Gasteiger partial charge in [-0.3, -0.25) is 19.5 Å². The van der Waals surface area contributed by atoms with Crippen LogP contribution in [0.1, 0.15) is 18.0 Å². The van der Waals surface area contributed by atoms with E-state index in [1.54, 1.807) is 18.7 Å². The Morgan fingerprint density at radius 2 is 1.71 bits per heavy atom. The zero-order valence-corrected chi connectivity index (χ0v) is 19.2. The highest BCUT2D eigenvalue weighted by Gasteiger charge is 2.26. The zero-order valence-electron chi connectivity index (χ0n) is 19.2. The van der Waals surface area contributed by atoms with Gasteiger partial charge in [-0.2, -0.15) is 0 Å². The summed E-state index contributed by atoms with van der Waals surface area (Å²) in [7, 11) is 0. The van der Waals surface area contributed by atoms with Crippen LogP contribution in [-0.4, -0.2) is 70.5 Å². The Morgan fingerprint density at radius 3 is 2.41 bits per heavy atom. The number of carbonyl (C=O) groups excluding carboxylic acids is 2. The number of aromatic nitrogens is 3. The summed E-state index contributed by atoms with van der Waals surface area (Å²) in [5.41, 5.74) is 2.25. The highest BCUT2D eigenvalue weighted by Crippen LogP contribution is 2.23. The fourth-order valence-corrected chi connectivity index (χ4v) is 4.19. The van der Waals surface area contributed by atoms with Gasteiger partial charge in [0.15, 0.2) is 0 Å². The number of carbonyl (C=O) groups is 2. The fraction of sp³-hybridized carbons (Fsp3) is 0.360. The largest absolute Gasteiger partial charge is 0.369 e. The molecule has 9 heteroatoms. The molecule has 2 amide bonds. The van der Waals surface area contributed by atoms with E-state index in [0.29, 0.717) is 13.1 Å². The van der Waals surface area contributed by atoms with E-state index in [2.05, 4.69) is 54.7 Å². The summed E-state index contributed by atoms with van der Waals surface area (Å²) in [6, 6.07) is 14.3. The molecule has 3 aromatic rings. The molecule has 0 radical (unpaired) electrons. The SMILES string of the molecule is O=C(NCCCn1ccnc1)C(=O)NC[C@H](c1cccnc1)N1CCN(c2ccccc2)CC1. The molecule has 178 valence electrons. The van der Waals surface area contributed by atoms with Crippen LogP contribution in [0.15, 0.2) is 73.6 Å². The molecule has 0 bridgehead atoms. The third-order valence-corrected chi connectivity index (χ3v) is 6.05. The number of rotatable bonds is 9. The lowest BCUT2D eigenvalue weighted by molar-refractivity contribution is -0.139. The Hall–Kier alpha value is -3.72. The van der Waals surface area contributed by atoms with Gasteiger partial charge >= 0.3 is 11.8 Å². The van der Waals surface area contributed by atoms with Crippen LogP contribution in [-0.2, 0) is 16.1 Å². The molecule has 1 aliphatic heterocycles. The summed E-state index contributed by atoms with van der Waals surface area (Å²) < 4.78 is 1.93. The number of benzene rings is 1. The number of imidazole rings is 1. The van der Waals surface area contributed by atoms with Crippen molar-refractivity contribution in [1.29, 1.82) is 0 Å². The van der Waals surface area contributed by atoms with Gasteiger partial charge in [0.2, 0.25) is 0 Å². The summed E-state index contributed by atoms with van der Waals surface area (Å²) in [5, 5.41) is 5.52. The van der Waals surface area contributed by atoms with Crippen molar-refractivity contribution in [1.82, 2.24) is 30.1 Å². The van der Waals surface area contributed by atoms with Crippen LogP contribution < -0.4 is 15.5 Å². The molecule has 2 aromatic heterocycles. The standard InChI is InChI=1S/C25H31N7O2/c33-24(28-10-5-12-30-13-11-27-20-30)25(34)29-19-23(21-6-4-9-26-18-21)32-16-14-31(15-17-32)22-7-2-1-3-8-22/h1-4,6-9,11,13,18,20,23H,5,10,12,14-17,19H2,(H,28,33)(H,29,34)/t23-/m1/s1. The van der Waals surface area contributed by atoms with Crippen molar-refractivity contribution < 1.29 is 9.59 Å². The third kappa shape index (κ3) is 6.41. The van der Waals surface area contributed by atoms with Crippen molar-refractivity contribution in [3.8, 4) is 0 Å². The zero-order chi connectivity index (χ0) is 23.6. The second kappa shape index (κ2) is 11.9. The van der Waals surface area contributed by atoms with Crippen molar-refractivity contribution in [2.45, 2.75) is 19.0 Å². The molecule has 0 aliphatic carbocycles. The average molecular weight is 462 g/mol. The first-order valence-corrected chi connectivity index (χ1v) is 11.7. The van der Waals surface area contributed by atoms with Crippen molar-refractivity contribution in [2.75, 3.05) is 44.2 Å². The number of nitrogens with one attached hydrogen (secondary N) is 2. The molecule has 1 fully saturated rings. The van der Waals surface area contributed by atoms with Gasteiger partial charge in [0.1, 0.15) is 0 Å². The maximum absolute atomic E-state index is 12.4. The van der Waals surface area contributed by atoms with Crippen LogP contribution >= 0.6 is 0 Å². The van der Waals surface area contributed by atoms with Crippen molar-refractivity contribution in [3.05, 3.63) is 79.1 Å². The van der Waals surface area contributed by atoms with Gasteiger partial charge in [-0.05, 0) is 30.2 Å². The van der Waals surface area contributed by atoms with Crippen LogP contribution in [0.5, 0.6) is 0 Å². The first-order valence-electron chi connectivity index (χ1n) is 11.7. The highest BCUT2D eigenvalue weighted by atomic mass is 16.2. The molecular weight excluding hydrogens is 430 g/mol. The van der Waals surface area contributed by atoms with Gasteiger partial charge in [0.25, 0.3) is 0 Å². The van der Waals surface area contributed by atoms with Gasteiger partial charge in [-0.25, -0.2) is 4.98 Å². The molecule has 0 unspecified atom stereocenters. The van der Waals surface area contributed by atoms with E-state index < -0.39 is 11.8 Å². The monoisotopic (exact) mass is 461 g/mol. The maximum Gasteiger partial charge on any atom is 0.309 e. The van der Waals surface area contributed by atoms with E-state index in [1.807, 2.05) is 35.2 Å². The van der Waals surface area contributed by atoms with Crippen LogP contribution in [0.3, 0.4) is 0 Å². The minimum atomic E-state index is -0.612. The molecule has 1 aliphatic rings. The predicted molar refractivity (Wildman–Crippen MR) is 130 cm³/mol. The number of nitrogens with zero attached hydrogens (tertiary/aromatic N) is 5. The molecule has 4 rings (SSSR count). The van der Waals surface area contributed by atoms with Crippen molar-refractivity contribution >= 4 is 17.5 Å². The molecule has 1 aromatic carbocycles. The fourth-order valence-electron chi connectivity index (χ4n) is 4.19. The second-order valence-electron chi connectivity index (χ2n) is 8.28. The Balaban J connectivity index is 1.28. The van der Waals surface area contributed by atoms with E-state index in [4.69, 9.17) is 0 Å². The first-order chi connectivity index (χ1) is 16.7. The maximum atomic E-state index is 12.4. The second-order valence-corrected chi connectivity index (χ2v) is 8.28. The van der Waals surface area contributed by atoms with Gasteiger partial charge in [0.05, 0.1) is 12.4 Å². The lowest BCUT2D eigenvalue weighted by atomic mass is 10.1. The molecular formula is C25H31N7O2. The van der Waals surface area contributed by atoms with Gasteiger partial charge in [-0.15, -0.1) is 0 Å². The number of pyridine rings is 1. The molecule has 0 saturated carbocycles. The van der Waals surface area contributed by atoms with Crippen LogP contribution in [0, 0.1) is 0 Å². The lowest BCUT2D eigenvalue weighted by Gasteiger charge is -2.40. The van der Waals surface area contributed by atoms with Crippen LogP contribution in [0.25, 0.3) is 0 Å². The Morgan fingerprint density at radius 1 is 0.912 bits per heavy atom. The van der Waals surface area contributed by atoms with Gasteiger partial charge < -0.3 is 20.1 Å². The summed E-state index contributed by atoms with van der Waals surface area (Å²) in [4.78, 5) is 37.7. The Labute approximate surface area is 199 Å². The van der Waals surface area contributed by atoms with Gasteiger partial charge in [0, 0.05) is 76.3 Å². The molecule has 0 spiro atoms. The molecule has 2 N–H and O–H groups in total. The number of amides is 2. The summed E-state index contributed by atoms with van der Waals surface area (Å²) >= 11 is 0. The van der Waals surface area contributed by atoms with E-state index in [1.165, 1.54) is 5.69 Å². The number of hydrogen-bond acceptors (Lipinski definition) is 6. The molecule has 9 nitrogen and oxygen atoms in total. The quantitative estimate of drug-likeness (QED) is 0.370. The van der Waals surface area contributed by atoms with E-state index >= 15 is 0 Å². The smallest absolute Gasteiger partial charge is 0.309 e. The number of piperazine rings is 1. The van der Waals surface area contributed by atoms with Crippen LogP contribution in [0.2, 0.25) is 0 Å². The molecule has 34 heavy (non-hydrogen) atoms. The van der Waals surface area contributed by atoms with Gasteiger partial charge in [-0.1, -0.05) is 24.3 Å². The first kappa shape index (κ1) is 23.4. The minimum absolute atomic E-state index is 0.0513. The Kier molecular flexibility index (Phi) is 8.23. The summed E-state index contributed by atoms with van der Waals surface area (Å²) in [6.45, 7) is 5.00. The summed E-state index contributed by atoms with van der Waals surface area (Å²) in [6.07, 6.45) is 9.60.